The van der Waals surface area contributed by atoms with Crippen molar-refractivity contribution in [3.05, 3.63) is 58.5 Å². The lowest BCUT2D eigenvalue weighted by Gasteiger charge is -2.17. The second-order valence-electron chi connectivity index (χ2n) is 5.88. The van der Waals surface area contributed by atoms with Crippen LogP contribution in [-0.4, -0.2) is 25.0 Å². The van der Waals surface area contributed by atoms with Crippen molar-refractivity contribution in [2.75, 3.05) is 13.2 Å². The van der Waals surface area contributed by atoms with E-state index in [0.717, 1.165) is 12.0 Å². The maximum atomic E-state index is 12.6. The summed E-state index contributed by atoms with van der Waals surface area (Å²) >= 11 is 0. The van der Waals surface area contributed by atoms with Crippen LogP contribution in [0.5, 0.6) is 0 Å². The summed E-state index contributed by atoms with van der Waals surface area (Å²) in [5.41, 5.74) is 1.47. The quantitative estimate of drug-likeness (QED) is 0.739. The highest BCUT2D eigenvalue weighted by Gasteiger charge is 2.36. The van der Waals surface area contributed by atoms with E-state index in [-0.39, 0.29) is 18.0 Å². The van der Waals surface area contributed by atoms with E-state index in [4.69, 9.17) is 13.9 Å². The number of furan rings is 1. The minimum absolute atomic E-state index is 0.0670. The number of ketones is 1. The molecule has 0 fully saturated rings. The zero-order chi connectivity index (χ0) is 17.8. The number of hydrogen-bond donors (Lipinski definition) is 0. The van der Waals surface area contributed by atoms with Crippen molar-refractivity contribution in [2.24, 2.45) is 0 Å². The fourth-order valence-corrected chi connectivity index (χ4v) is 3.21. The van der Waals surface area contributed by atoms with E-state index in [2.05, 4.69) is 0 Å². The highest BCUT2D eigenvalue weighted by molar-refractivity contribution is 6.08. The minimum Gasteiger partial charge on any atom is -0.462 e. The Labute approximate surface area is 146 Å². The molecule has 1 heterocycles. The first kappa shape index (κ1) is 17.4. The molecule has 1 aliphatic carbocycles. The highest BCUT2D eigenvalue weighted by Crippen LogP contribution is 2.37. The predicted molar refractivity (Wildman–Crippen MR) is 91.8 cm³/mol. The van der Waals surface area contributed by atoms with Crippen LogP contribution in [0.3, 0.4) is 0 Å². The Morgan fingerprint density at radius 3 is 2.60 bits per heavy atom. The number of benzene rings is 1. The molecule has 1 aliphatic rings. The summed E-state index contributed by atoms with van der Waals surface area (Å²) in [5, 5.41) is 0. The van der Waals surface area contributed by atoms with Crippen LogP contribution in [0.2, 0.25) is 0 Å². The molecule has 0 N–H and O–H groups in total. The van der Waals surface area contributed by atoms with Crippen molar-refractivity contribution >= 4 is 11.8 Å². The molecule has 0 saturated heterocycles. The average Bonchev–Trinajstić information content (AvgIpc) is 3.01. The second kappa shape index (κ2) is 7.66. The zero-order valence-corrected chi connectivity index (χ0v) is 14.5. The van der Waals surface area contributed by atoms with Crippen molar-refractivity contribution in [3.8, 4) is 0 Å². The summed E-state index contributed by atoms with van der Waals surface area (Å²) in [7, 11) is 0. The van der Waals surface area contributed by atoms with E-state index in [0.29, 0.717) is 36.5 Å². The third-order valence-electron chi connectivity index (χ3n) is 4.25. The molecule has 0 spiro atoms. The maximum absolute atomic E-state index is 12.6. The van der Waals surface area contributed by atoms with Gasteiger partial charge in [0.25, 0.3) is 0 Å². The highest BCUT2D eigenvalue weighted by atomic mass is 16.5. The van der Waals surface area contributed by atoms with Crippen molar-refractivity contribution in [2.45, 2.75) is 39.2 Å². The molecule has 0 amide bonds. The summed E-state index contributed by atoms with van der Waals surface area (Å²) in [6.07, 6.45) is 1.24. The van der Waals surface area contributed by atoms with Crippen molar-refractivity contribution in [1.82, 2.24) is 0 Å². The molecule has 3 rings (SSSR count). The van der Waals surface area contributed by atoms with Gasteiger partial charge in [0, 0.05) is 19.4 Å². The molecule has 132 valence electrons. The number of fused-ring (bicyclic) bond motifs is 1. The van der Waals surface area contributed by atoms with E-state index >= 15 is 0 Å². The van der Waals surface area contributed by atoms with Crippen LogP contribution in [0.4, 0.5) is 0 Å². The first-order valence-corrected chi connectivity index (χ1v) is 8.69. The minimum atomic E-state index is -0.552. The first-order chi connectivity index (χ1) is 12.2. The monoisotopic (exact) mass is 342 g/mol. The van der Waals surface area contributed by atoms with Gasteiger partial charge in [0.15, 0.2) is 11.5 Å². The smallest absolute Gasteiger partial charge is 0.342 e. The number of carbonyl (C=O) groups excluding carboxylic acids is 2. The summed E-state index contributed by atoms with van der Waals surface area (Å²) < 4.78 is 17.1. The second-order valence-corrected chi connectivity index (χ2v) is 5.88. The zero-order valence-electron chi connectivity index (χ0n) is 14.5. The van der Waals surface area contributed by atoms with Gasteiger partial charge in [-0.3, -0.25) is 4.79 Å². The molecular weight excluding hydrogens is 320 g/mol. The van der Waals surface area contributed by atoms with Crippen LogP contribution < -0.4 is 0 Å². The number of esters is 1. The number of carbonyl (C=O) groups is 2. The Bertz CT molecular complexity index is 760. The van der Waals surface area contributed by atoms with Gasteiger partial charge in [-0.25, -0.2) is 4.79 Å². The maximum Gasteiger partial charge on any atom is 0.342 e. The Kier molecular flexibility index (Phi) is 5.34. The third-order valence-corrected chi connectivity index (χ3v) is 4.25. The predicted octanol–water partition coefficient (Wildman–Crippen LogP) is 4.10. The van der Waals surface area contributed by atoms with Gasteiger partial charge < -0.3 is 13.9 Å². The van der Waals surface area contributed by atoms with Gasteiger partial charge in [-0.2, -0.15) is 0 Å². The largest absolute Gasteiger partial charge is 0.462 e. The van der Waals surface area contributed by atoms with Gasteiger partial charge in [0.2, 0.25) is 0 Å². The number of rotatable bonds is 6. The van der Waals surface area contributed by atoms with E-state index in [1.54, 1.807) is 6.92 Å². The fourth-order valence-electron chi connectivity index (χ4n) is 3.21. The average molecular weight is 342 g/mol. The Hall–Kier alpha value is -2.40. The van der Waals surface area contributed by atoms with E-state index in [9.17, 15) is 9.59 Å². The number of aryl methyl sites for hydroxylation is 1. The normalized spacial score (nSPS) is 14.9. The molecule has 5 nitrogen and oxygen atoms in total. The van der Waals surface area contributed by atoms with Gasteiger partial charge in [0.1, 0.15) is 17.4 Å². The van der Waals surface area contributed by atoms with Crippen LogP contribution in [0, 0.1) is 0 Å². The third kappa shape index (κ3) is 3.37. The van der Waals surface area contributed by atoms with E-state index in [1.807, 2.05) is 37.3 Å². The van der Waals surface area contributed by atoms with Crippen molar-refractivity contribution in [1.29, 1.82) is 0 Å². The van der Waals surface area contributed by atoms with Crippen LogP contribution in [0.15, 0.2) is 34.7 Å². The van der Waals surface area contributed by atoms with E-state index in [1.165, 1.54) is 0 Å². The van der Waals surface area contributed by atoms with Crippen LogP contribution in [0.1, 0.15) is 70.6 Å². The first-order valence-electron chi connectivity index (χ1n) is 8.69. The van der Waals surface area contributed by atoms with Crippen LogP contribution in [-0.2, 0) is 15.9 Å². The molecule has 1 aromatic heterocycles. The van der Waals surface area contributed by atoms with Gasteiger partial charge in [-0.05, 0) is 25.8 Å². The molecule has 0 saturated carbocycles. The Morgan fingerprint density at radius 2 is 1.92 bits per heavy atom. The lowest BCUT2D eigenvalue weighted by atomic mass is 9.92. The molecule has 0 radical (unpaired) electrons. The Balaban J connectivity index is 2.16. The van der Waals surface area contributed by atoms with E-state index < -0.39 is 12.1 Å². The Morgan fingerprint density at radius 1 is 1.16 bits per heavy atom. The molecule has 1 aromatic carbocycles. The standard InChI is InChI=1S/C20H22O5/c1-3-23-18(13-9-6-5-7-10-13)19-17(20(22)24-4-2)16-14(21)11-8-12-15(16)25-19/h5-7,9-10,18H,3-4,8,11-12H2,1-2H3/t18-/m0/s1. The molecule has 2 aromatic rings. The number of ether oxygens (including phenoxy) is 2. The van der Waals surface area contributed by atoms with Gasteiger partial charge >= 0.3 is 5.97 Å². The van der Waals surface area contributed by atoms with Gasteiger partial charge in [-0.15, -0.1) is 0 Å². The summed E-state index contributed by atoms with van der Waals surface area (Å²) in [5.74, 6) is 0.336. The lowest BCUT2D eigenvalue weighted by Crippen LogP contribution is -2.17. The van der Waals surface area contributed by atoms with Gasteiger partial charge in [-0.1, -0.05) is 30.3 Å². The molecule has 0 aliphatic heterocycles. The molecule has 0 unspecified atom stereocenters. The lowest BCUT2D eigenvalue weighted by molar-refractivity contribution is 0.0491. The van der Waals surface area contributed by atoms with Crippen molar-refractivity contribution in [3.63, 3.8) is 0 Å². The molecule has 1 atom stereocenters. The fraction of sp³-hybridized carbons (Fsp3) is 0.400. The van der Waals surface area contributed by atoms with Crippen LogP contribution in [0.25, 0.3) is 0 Å². The molecular formula is C20H22O5. The van der Waals surface area contributed by atoms with Gasteiger partial charge in [0.05, 0.1) is 12.2 Å². The summed E-state index contributed by atoms with van der Waals surface area (Å²) in [6, 6.07) is 9.55. The molecule has 5 heteroatoms. The van der Waals surface area contributed by atoms with Crippen molar-refractivity contribution < 1.29 is 23.5 Å². The van der Waals surface area contributed by atoms with Crippen LogP contribution >= 0.6 is 0 Å². The topological polar surface area (TPSA) is 65.7 Å². The summed E-state index contributed by atoms with van der Waals surface area (Å²) in [6.45, 7) is 4.30. The number of hydrogen-bond acceptors (Lipinski definition) is 5. The SMILES string of the molecule is CCOC(=O)c1c([C@@H](OCC)c2ccccc2)oc2c1C(=O)CCC2. The molecule has 25 heavy (non-hydrogen) atoms. The molecule has 0 bridgehead atoms. The number of Topliss-reactive ketones (excluding diaryl/α,β-unsaturated/α-hetero) is 1. The summed E-state index contributed by atoms with van der Waals surface area (Å²) in [4.78, 5) is 25.0.